The van der Waals surface area contributed by atoms with Crippen LogP contribution in [-0.4, -0.2) is 21.5 Å². The number of carbonyl (C=O) groups excluding carboxylic acids is 1. The van der Waals surface area contributed by atoms with Gasteiger partial charge in [-0.2, -0.15) is 9.78 Å². The Balaban J connectivity index is 2.44. The molecule has 0 saturated heterocycles. The van der Waals surface area contributed by atoms with Gasteiger partial charge in [-0.15, -0.1) is 11.6 Å². The molecule has 5 heteroatoms. The van der Waals surface area contributed by atoms with Crippen molar-refractivity contribution in [3.05, 3.63) is 30.0 Å². The van der Waals surface area contributed by atoms with Crippen molar-refractivity contribution in [3.8, 4) is 0 Å². The maximum absolute atomic E-state index is 12.0. The van der Waals surface area contributed by atoms with Gasteiger partial charge in [-0.3, -0.25) is 0 Å². The zero-order valence-electron chi connectivity index (χ0n) is 10.6. The highest BCUT2D eigenvalue weighted by molar-refractivity contribution is 6.18. The second-order valence-corrected chi connectivity index (χ2v) is 5.29. The number of aromatic nitrogens is 2. The van der Waals surface area contributed by atoms with Crippen LogP contribution < -0.4 is 0 Å². The Morgan fingerprint density at radius 1 is 1.44 bits per heavy atom. The number of ether oxygens (including phenoxy) is 1. The summed E-state index contributed by atoms with van der Waals surface area (Å²) in [5.41, 5.74) is 1.12. The molecule has 2 aromatic rings. The molecule has 96 valence electrons. The van der Waals surface area contributed by atoms with Gasteiger partial charge in [-0.25, -0.2) is 4.79 Å². The number of hydrogen-bond acceptors (Lipinski definition) is 3. The molecule has 2 rings (SSSR count). The second kappa shape index (κ2) is 4.61. The predicted molar refractivity (Wildman–Crippen MR) is 70.9 cm³/mol. The van der Waals surface area contributed by atoms with Gasteiger partial charge >= 0.3 is 6.09 Å². The van der Waals surface area contributed by atoms with Crippen molar-refractivity contribution in [2.75, 3.05) is 0 Å². The second-order valence-electron chi connectivity index (χ2n) is 5.02. The lowest BCUT2D eigenvalue weighted by Gasteiger charge is -2.19. The summed E-state index contributed by atoms with van der Waals surface area (Å²) in [6, 6.07) is 5.58. The minimum absolute atomic E-state index is 0.386. The van der Waals surface area contributed by atoms with E-state index in [9.17, 15) is 4.79 Å². The minimum atomic E-state index is -0.542. The fourth-order valence-electron chi connectivity index (χ4n) is 1.68. The van der Waals surface area contributed by atoms with Crippen LogP contribution in [-0.2, 0) is 10.6 Å². The fourth-order valence-corrected chi connectivity index (χ4v) is 1.91. The molecular weight excluding hydrogens is 252 g/mol. The molecule has 0 aliphatic rings. The van der Waals surface area contributed by atoms with Gasteiger partial charge in [0.1, 0.15) is 5.60 Å². The molecule has 0 saturated carbocycles. The topological polar surface area (TPSA) is 44.1 Å². The van der Waals surface area contributed by atoms with E-state index in [0.29, 0.717) is 11.4 Å². The van der Waals surface area contributed by atoms with Crippen molar-refractivity contribution in [1.29, 1.82) is 0 Å². The Kier molecular flexibility index (Phi) is 3.30. The van der Waals surface area contributed by atoms with Gasteiger partial charge in [0.25, 0.3) is 0 Å². The van der Waals surface area contributed by atoms with E-state index < -0.39 is 11.7 Å². The molecule has 4 nitrogen and oxygen atoms in total. The van der Waals surface area contributed by atoms with E-state index >= 15 is 0 Å². The van der Waals surface area contributed by atoms with Crippen LogP contribution in [0.3, 0.4) is 0 Å². The highest BCUT2D eigenvalue weighted by Gasteiger charge is 2.20. The summed E-state index contributed by atoms with van der Waals surface area (Å²) in [4.78, 5) is 12.0. The highest BCUT2D eigenvalue weighted by atomic mass is 35.5. The van der Waals surface area contributed by atoms with E-state index in [1.54, 1.807) is 6.20 Å². The van der Waals surface area contributed by atoms with E-state index in [-0.39, 0.29) is 0 Å². The van der Waals surface area contributed by atoms with Crippen LogP contribution in [0.25, 0.3) is 10.9 Å². The molecule has 0 atom stereocenters. The molecule has 0 aliphatic heterocycles. The SMILES string of the molecule is CC(C)(C)OC(=O)n1ncc2c(CCl)cccc21. The first kappa shape index (κ1) is 12.9. The lowest BCUT2D eigenvalue weighted by Crippen LogP contribution is -2.27. The van der Waals surface area contributed by atoms with E-state index in [1.165, 1.54) is 4.68 Å². The monoisotopic (exact) mass is 266 g/mol. The van der Waals surface area contributed by atoms with Crippen LogP contribution in [0.4, 0.5) is 4.79 Å². The molecule has 1 heterocycles. The van der Waals surface area contributed by atoms with Gasteiger partial charge in [0, 0.05) is 11.3 Å². The standard InChI is InChI=1S/C13H15ClN2O2/c1-13(2,3)18-12(17)16-11-6-4-5-9(7-14)10(11)8-15-16/h4-6,8H,7H2,1-3H3. The number of halogens is 1. The summed E-state index contributed by atoms with van der Waals surface area (Å²) in [5, 5.41) is 4.94. The maximum Gasteiger partial charge on any atom is 0.435 e. The van der Waals surface area contributed by atoms with Crippen molar-refractivity contribution < 1.29 is 9.53 Å². The number of rotatable bonds is 1. The van der Waals surface area contributed by atoms with Crippen molar-refractivity contribution in [3.63, 3.8) is 0 Å². The van der Waals surface area contributed by atoms with Crippen LogP contribution in [0.15, 0.2) is 24.4 Å². The van der Waals surface area contributed by atoms with Crippen molar-refractivity contribution in [1.82, 2.24) is 9.78 Å². The van der Waals surface area contributed by atoms with Gasteiger partial charge in [0.15, 0.2) is 0 Å². The van der Waals surface area contributed by atoms with E-state index in [2.05, 4.69) is 5.10 Å². The van der Waals surface area contributed by atoms with Crippen molar-refractivity contribution in [2.45, 2.75) is 32.3 Å². The summed E-state index contributed by atoms with van der Waals surface area (Å²) in [7, 11) is 0. The van der Waals surface area contributed by atoms with Gasteiger partial charge in [0.2, 0.25) is 0 Å². The average molecular weight is 267 g/mol. The van der Waals surface area contributed by atoms with Crippen molar-refractivity contribution in [2.24, 2.45) is 0 Å². The molecule has 0 aliphatic carbocycles. The predicted octanol–water partition coefficient (Wildman–Crippen LogP) is 3.56. The first-order chi connectivity index (χ1) is 8.42. The van der Waals surface area contributed by atoms with Gasteiger partial charge in [-0.05, 0) is 32.4 Å². The third-order valence-electron chi connectivity index (χ3n) is 2.41. The molecule has 0 radical (unpaired) electrons. The largest absolute Gasteiger partial charge is 0.442 e. The van der Waals surface area contributed by atoms with E-state index in [0.717, 1.165) is 10.9 Å². The quantitative estimate of drug-likeness (QED) is 0.742. The molecule has 0 fully saturated rings. The van der Waals surface area contributed by atoms with Crippen LogP contribution in [0.5, 0.6) is 0 Å². The normalized spacial score (nSPS) is 11.8. The molecule has 1 aromatic carbocycles. The zero-order valence-corrected chi connectivity index (χ0v) is 11.4. The van der Waals surface area contributed by atoms with Crippen LogP contribution in [0.2, 0.25) is 0 Å². The summed E-state index contributed by atoms with van der Waals surface area (Å²) in [6.45, 7) is 5.46. The third kappa shape index (κ3) is 2.48. The smallest absolute Gasteiger partial charge is 0.435 e. The highest BCUT2D eigenvalue weighted by Crippen LogP contribution is 2.21. The van der Waals surface area contributed by atoms with Gasteiger partial charge in [-0.1, -0.05) is 12.1 Å². The van der Waals surface area contributed by atoms with E-state index in [4.69, 9.17) is 16.3 Å². The fraction of sp³-hybridized carbons (Fsp3) is 0.385. The van der Waals surface area contributed by atoms with Crippen LogP contribution in [0.1, 0.15) is 26.3 Å². The lowest BCUT2D eigenvalue weighted by atomic mass is 10.1. The number of carbonyl (C=O) groups is 1. The summed E-state index contributed by atoms with van der Waals surface area (Å²) in [5.74, 6) is 0.386. The molecule has 0 unspecified atom stereocenters. The summed E-state index contributed by atoms with van der Waals surface area (Å²) in [6.07, 6.45) is 1.15. The van der Waals surface area contributed by atoms with Crippen LogP contribution >= 0.6 is 11.6 Å². The number of hydrogen-bond donors (Lipinski definition) is 0. The Morgan fingerprint density at radius 2 is 2.17 bits per heavy atom. The van der Waals surface area contributed by atoms with E-state index in [1.807, 2.05) is 39.0 Å². The number of benzene rings is 1. The Morgan fingerprint density at radius 3 is 2.78 bits per heavy atom. The Labute approximate surface area is 110 Å². The molecule has 0 amide bonds. The Bertz CT molecular complexity index is 584. The zero-order chi connectivity index (χ0) is 13.3. The van der Waals surface area contributed by atoms with Gasteiger partial charge < -0.3 is 4.74 Å². The first-order valence-corrected chi connectivity index (χ1v) is 6.21. The van der Waals surface area contributed by atoms with Gasteiger partial charge in [0.05, 0.1) is 11.7 Å². The molecule has 18 heavy (non-hydrogen) atoms. The first-order valence-electron chi connectivity index (χ1n) is 5.67. The number of alkyl halides is 1. The molecular formula is C13H15ClN2O2. The molecule has 1 aromatic heterocycles. The molecule has 0 spiro atoms. The Hall–Kier alpha value is -1.55. The average Bonchev–Trinajstić information content (AvgIpc) is 2.69. The van der Waals surface area contributed by atoms with Crippen LogP contribution in [0, 0.1) is 0 Å². The van der Waals surface area contributed by atoms with Crippen molar-refractivity contribution >= 4 is 28.6 Å². The number of nitrogens with zero attached hydrogens (tertiary/aromatic N) is 2. The molecule has 0 N–H and O–H groups in total. The minimum Gasteiger partial charge on any atom is -0.442 e. The summed E-state index contributed by atoms with van der Waals surface area (Å²) >= 11 is 5.85. The number of fused-ring (bicyclic) bond motifs is 1. The molecule has 0 bridgehead atoms. The summed E-state index contributed by atoms with van der Waals surface area (Å²) < 4.78 is 6.55. The third-order valence-corrected chi connectivity index (χ3v) is 2.70. The lowest BCUT2D eigenvalue weighted by molar-refractivity contribution is 0.0523. The maximum atomic E-state index is 12.0.